The van der Waals surface area contributed by atoms with Crippen molar-refractivity contribution in [2.75, 3.05) is 18.6 Å². The van der Waals surface area contributed by atoms with E-state index in [1.54, 1.807) is 7.11 Å². The minimum absolute atomic E-state index is 0.0721. The van der Waals surface area contributed by atoms with Gasteiger partial charge in [-0.25, -0.2) is 8.42 Å². The van der Waals surface area contributed by atoms with Crippen molar-refractivity contribution in [3.8, 4) is 5.75 Å². The molecule has 1 amide bonds. The molecular formula is C18H24N2O4S2. The summed E-state index contributed by atoms with van der Waals surface area (Å²) in [5.41, 5.74) is 0.421. The summed E-state index contributed by atoms with van der Waals surface area (Å²) < 4.78 is 29.4. The van der Waals surface area contributed by atoms with Crippen LogP contribution in [0.2, 0.25) is 0 Å². The molecule has 2 atom stereocenters. The fourth-order valence-electron chi connectivity index (χ4n) is 3.04. The van der Waals surface area contributed by atoms with Crippen LogP contribution in [0, 0.1) is 5.41 Å². The molecule has 2 fully saturated rings. The molecule has 26 heavy (non-hydrogen) atoms. The Morgan fingerprint density at radius 1 is 1.35 bits per heavy atom. The Kier molecular flexibility index (Phi) is 5.09. The smallest absolute Gasteiger partial charge is 0.253 e. The van der Waals surface area contributed by atoms with Crippen molar-refractivity contribution >= 4 is 32.7 Å². The second-order valence-electron chi connectivity index (χ2n) is 7.73. The van der Waals surface area contributed by atoms with Crippen molar-refractivity contribution < 1.29 is 17.9 Å². The van der Waals surface area contributed by atoms with Crippen LogP contribution in [0.4, 0.5) is 0 Å². The Morgan fingerprint density at radius 3 is 2.73 bits per heavy atom. The lowest BCUT2D eigenvalue weighted by Gasteiger charge is -2.25. The summed E-state index contributed by atoms with van der Waals surface area (Å²) in [7, 11) is -1.44. The predicted octanol–water partition coefficient (Wildman–Crippen LogP) is 2.34. The number of carbonyl (C=O) groups is 1. The highest BCUT2D eigenvalue weighted by atomic mass is 32.2. The maximum atomic E-state index is 12.4. The Labute approximate surface area is 158 Å². The number of ether oxygens (including phenoxy) is 1. The number of methoxy groups -OCH3 is 1. The van der Waals surface area contributed by atoms with Gasteiger partial charge >= 0.3 is 0 Å². The number of fused-ring (bicyclic) bond motifs is 1. The molecule has 0 N–H and O–H groups in total. The zero-order chi connectivity index (χ0) is 19.1. The van der Waals surface area contributed by atoms with Gasteiger partial charge in [0.2, 0.25) is 0 Å². The van der Waals surface area contributed by atoms with E-state index in [1.165, 1.54) is 11.8 Å². The number of amides is 1. The molecule has 2 aliphatic heterocycles. The molecule has 6 nitrogen and oxygen atoms in total. The number of hydrogen-bond acceptors (Lipinski definition) is 5. The van der Waals surface area contributed by atoms with Crippen molar-refractivity contribution in [1.82, 2.24) is 4.90 Å². The fourth-order valence-corrected chi connectivity index (χ4v) is 6.99. The average molecular weight is 397 g/mol. The third-order valence-electron chi connectivity index (χ3n) is 4.50. The van der Waals surface area contributed by atoms with Crippen molar-refractivity contribution in [3.05, 3.63) is 29.8 Å². The zero-order valence-corrected chi connectivity index (χ0v) is 17.1. The van der Waals surface area contributed by atoms with Crippen LogP contribution in [0.1, 0.15) is 26.3 Å². The largest absolute Gasteiger partial charge is 0.497 e. The summed E-state index contributed by atoms with van der Waals surface area (Å²) in [5, 5.41) is 0.551. The predicted molar refractivity (Wildman–Crippen MR) is 104 cm³/mol. The molecule has 0 unspecified atom stereocenters. The second-order valence-corrected chi connectivity index (χ2v) is 11.1. The first-order valence-electron chi connectivity index (χ1n) is 8.49. The van der Waals surface area contributed by atoms with Gasteiger partial charge in [-0.3, -0.25) is 4.79 Å². The van der Waals surface area contributed by atoms with Gasteiger partial charge < -0.3 is 9.64 Å². The summed E-state index contributed by atoms with van der Waals surface area (Å²) in [6, 6.07) is 7.50. The first kappa shape index (κ1) is 19.2. The van der Waals surface area contributed by atoms with Crippen LogP contribution in [0.25, 0.3) is 0 Å². The Bertz CT molecular complexity index is 843. The van der Waals surface area contributed by atoms with E-state index >= 15 is 0 Å². The van der Waals surface area contributed by atoms with E-state index in [4.69, 9.17) is 4.74 Å². The first-order valence-corrected chi connectivity index (χ1v) is 11.2. The van der Waals surface area contributed by atoms with E-state index in [-0.39, 0.29) is 28.7 Å². The second kappa shape index (κ2) is 6.88. The highest BCUT2D eigenvalue weighted by Crippen LogP contribution is 2.39. The van der Waals surface area contributed by atoms with Gasteiger partial charge in [0.1, 0.15) is 5.75 Å². The number of rotatable bonds is 3. The SMILES string of the molecule is COc1cccc(CN2C(=NC(=O)C(C)(C)C)S[C@@H]3CS(=O)(=O)C[C@@H]32)c1. The molecule has 0 saturated carbocycles. The molecule has 3 rings (SSSR count). The number of sulfone groups is 1. The lowest BCUT2D eigenvalue weighted by molar-refractivity contribution is -0.124. The van der Waals surface area contributed by atoms with Gasteiger partial charge in [-0.05, 0) is 17.7 Å². The molecule has 2 saturated heterocycles. The van der Waals surface area contributed by atoms with Crippen molar-refractivity contribution in [2.45, 2.75) is 38.6 Å². The molecule has 2 heterocycles. The van der Waals surface area contributed by atoms with Crippen molar-refractivity contribution in [3.63, 3.8) is 0 Å². The van der Waals surface area contributed by atoms with E-state index < -0.39 is 15.3 Å². The van der Waals surface area contributed by atoms with Crippen LogP contribution >= 0.6 is 11.8 Å². The van der Waals surface area contributed by atoms with Gasteiger partial charge in [-0.15, -0.1) is 0 Å². The van der Waals surface area contributed by atoms with Gasteiger partial charge in [-0.2, -0.15) is 4.99 Å². The molecule has 1 aromatic carbocycles. The molecular weight excluding hydrogens is 372 g/mol. The number of amidine groups is 1. The number of hydrogen-bond donors (Lipinski definition) is 0. The normalized spacial score (nSPS) is 26.2. The molecule has 0 spiro atoms. The van der Waals surface area contributed by atoms with E-state index in [2.05, 4.69) is 4.99 Å². The van der Waals surface area contributed by atoms with Crippen LogP contribution in [0.5, 0.6) is 5.75 Å². The third kappa shape index (κ3) is 4.06. The first-order chi connectivity index (χ1) is 12.1. The molecule has 0 aliphatic carbocycles. The van der Waals surface area contributed by atoms with Crippen molar-refractivity contribution in [2.24, 2.45) is 10.4 Å². The summed E-state index contributed by atoms with van der Waals surface area (Å²) in [6.07, 6.45) is 0. The average Bonchev–Trinajstić information content (AvgIpc) is 2.99. The summed E-state index contributed by atoms with van der Waals surface area (Å²) in [6.45, 7) is 5.99. The highest BCUT2D eigenvalue weighted by molar-refractivity contribution is 8.15. The topological polar surface area (TPSA) is 76.0 Å². The molecule has 0 bridgehead atoms. The number of aliphatic imine (C=N–C) groups is 1. The van der Waals surface area contributed by atoms with Gasteiger partial charge in [-0.1, -0.05) is 44.7 Å². The standard InChI is InChI=1S/C18H24N2O4S2/c1-18(2,3)16(21)19-17-20(9-12-6-5-7-13(8-12)24-4)14-10-26(22,23)11-15(14)25-17/h5-8,14-15H,9-11H2,1-4H3/t14-,15+/m0/s1. The number of benzene rings is 1. The molecule has 0 aromatic heterocycles. The monoisotopic (exact) mass is 396 g/mol. The molecule has 142 valence electrons. The zero-order valence-electron chi connectivity index (χ0n) is 15.4. The lowest BCUT2D eigenvalue weighted by Crippen LogP contribution is -2.37. The van der Waals surface area contributed by atoms with Gasteiger partial charge in [0.25, 0.3) is 5.91 Å². The maximum absolute atomic E-state index is 12.4. The fraction of sp³-hybridized carbons (Fsp3) is 0.556. The van der Waals surface area contributed by atoms with Crippen molar-refractivity contribution in [1.29, 1.82) is 0 Å². The quantitative estimate of drug-likeness (QED) is 0.781. The van der Waals surface area contributed by atoms with E-state index in [0.29, 0.717) is 11.7 Å². The van der Waals surface area contributed by atoms with Gasteiger partial charge in [0.15, 0.2) is 15.0 Å². The number of thioether (sulfide) groups is 1. The number of carbonyl (C=O) groups excluding carboxylic acids is 1. The van der Waals surface area contributed by atoms with Crippen LogP contribution < -0.4 is 4.74 Å². The Hall–Kier alpha value is -1.54. The summed E-state index contributed by atoms with van der Waals surface area (Å²) in [4.78, 5) is 18.7. The Balaban J connectivity index is 1.92. The van der Waals surface area contributed by atoms with Crippen LogP contribution in [-0.4, -0.2) is 54.3 Å². The number of nitrogens with zero attached hydrogens (tertiary/aromatic N) is 2. The molecule has 8 heteroatoms. The van der Waals surface area contributed by atoms with Crippen LogP contribution in [0.3, 0.4) is 0 Å². The van der Waals surface area contributed by atoms with E-state index in [1.807, 2.05) is 49.9 Å². The van der Waals surface area contributed by atoms with Gasteiger partial charge in [0, 0.05) is 17.2 Å². The van der Waals surface area contributed by atoms with Crippen LogP contribution in [-0.2, 0) is 21.2 Å². The molecule has 0 radical (unpaired) electrons. The Morgan fingerprint density at radius 2 is 2.08 bits per heavy atom. The van der Waals surface area contributed by atoms with E-state index in [0.717, 1.165) is 11.3 Å². The molecule has 2 aliphatic rings. The van der Waals surface area contributed by atoms with E-state index in [9.17, 15) is 13.2 Å². The maximum Gasteiger partial charge on any atom is 0.253 e. The summed E-state index contributed by atoms with van der Waals surface area (Å²) >= 11 is 1.41. The lowest BCUT2D eigenvalue weighted by atomic mass is 9.96. The highest BCUT2D eigenvalue weighted by Gasteiger charge is 2.48. The molecule has 1 aromatic rings. The minimum Gasteiger partial charge on any atom is -0.497 e. The summed E-state index contributed by atoms with van der Waals surface area (Å²) in [5.74, 6) is 0.796. The third-order valence-corrected chi connectivity index (χ3v) is 7.75. The van der Waals surface area contributed by atoms with Crippen LogP contribution in [0.15, 0.2) is 29.3 Å². The van der Waals surface area contributed by atoms with Gasteiger partial charge in [0.05, 0.1) is 24.7 Å². The minimum atomic E-state index is -3.05.